The van der Waals surface area contributed by atoms with E-state index in [1.165, 1.54) is 5.56 Å². The van der Waals surface area contributed by atoms with Crippen molar-refractivity contribution in [1.29, 1.82) is 0 Å². The Bertz CT molecular complexity index is 458. The highest BCUT2D eigenvalue weighted by atomic mass is 15.2. The Labute approximate surface area is 124 Å². The second kappa shape index (κ2) is 6.89. The number of hydrogen-bond donors (Lipinski definition) is 1. The third-order valence-corrected chi connectivity index (χ3v) is 3.12. The molecular formula is C17H29N3. The van der Waals surface area contributed by atoms with Crippen molar-refractivity contribution in [2.24, 2.45) is 0 Å². The molecule has 0 spiro atoms. The maximum Gasteiger partial charge on any atom is 0.129 e. The van der Waals surface area contributed by atoms with E-state index in [2.05, 4.69) is 63.7 Å². The highest BCUT2D eigenvalue weighted by Gasteiger charge is 2.18. The minimum Gasteiger partial charge on any atom is -0.356 e. The number of nitrogens with zero attached hydrogens (tertiary/aromatic N) is 2. The fourth-order valence-electron chi connectivity index (χ4n) is 2.01. The molecule has 0 saturated heterocycles. The molecule has 0 aliphatic carbocycles. The summed E-state index contributed by atoms with van der Waals surface area (Å²) in [5.74, 6) is 1.02. The van der Waals surface area contributed by atoms with Crippen LogP contribution in [-0.4, -0.2) is 25.1 Å². The monoisotopic (exact) mass is 275 g/mol. The van der Waals surface area contributed by atoms with Gasteiger partial charge in [-0.2, -0.15) is 0 Å². The summed E-state index contributed by atoms with van der Waals surface area (Å²) < 4.78 is 0. The van der Waals surface area contributed by atoms with E-state index in [4.69, 9.17) is 4.98 Å². The number of hydrogen-bond acceptors (Lipinski definition) is 3. The predicted molar refractivity (Wildman–Crippen MR) is 88.4 cm³/mol. The second-order valence-electron chi connectivity index (χ2n) is 6.56. The van der Waals surface area contributed by atoms with Gasteiger partial charge >= 0.3 is 0 Å². The van der Waals surface area contributed by atoms with Gasteiger partial charge in [-0.05, 0) is 31.2 Å². The van der Waals surface area contributed by atoms with Gasteiger partial charge in [-0.25, -0.2) is 4.98 Å². The zero-order chi connectivity index (χ0) is 15.3. The highest BCUT2D eigenvalue weighted by Crippen LogP contribution is 2.24. The Morgan fingerprint density at radius 3 is 2.50 bits per heavy atom. The summed E-state index contributed by atoms with van der Waals surface area (Å²) in [6.07, 6.45) is 0. The first kappa shape index (κ1) is 16.7. The maximum absolute atomic E-state index is 4.82. The lowest BCUT2D eigenvalue weighted by molar-refractivity contribution is 0.566. The van der Waals surface area contributed by atoms with Gasteiger partial charge < -0.3 is 10.2 Å². The average molecular weight is 275 g/mol. The fraction of sp³-hybridized carbons (Fsp3) is 0.588. The molecule has 0 aliphatic heterocycles. The molecule has 0 atom stereocenters. The molecular weight excluding hydrogens is 246 g/mol. The summed E-state index contributed by atoms with van der Waals surface area (Å²) in [7, 11) is 2.07. The van der Waals surface area contributed by atoms with Crippen molar-refractivity contribution in [3.8, 4) is 0 Å². The number of likely N-dealkylation sites (N-methyl/N-ethyl adjacent to an activating group) is 1. The number of aromatic nitrogens is 1. The van der Waals surface area contributed by atoms with Gasteiger partial charge in [-0.15, -0.1) is 0 Å². The van der Waals surface area contributed by atoms with Crippen LogP contribution in [-0.2, 0) is 12.0 Å². The Kier molecular flexibility index (Phi) is 5.75. The molecule has 1 aromatic rings. The van der Waals surface area contributed by atoms with E-state index in [-0.39, 0.29) is 5.41 Å². The molecule has 0 saturated carbocycles. The van der Waals surface area contributed by atoms with Gasteiger partial charge in [0, 0.05) is 31.2 Å². The summed E-state index contributed by atoms with van der Waals surface area (Å²) in [5.41, 5.74) is 3.62. The molecule has 1 aromatic heterocycles. The first-order valence-electron chi connectivity index (χ1n) is 7.31. The summed E-state index contributed by atoms with van der Waals surface area (Å²) in [4.78, 5) is 6.98. The van der Waals surface area contributed by atoms with Crippen LogP contribution >= 0.6 is 0 Å². The van der Waals surface area contributed by atoms with Crippen LogP contribution in [0.4, 0.5) is 5.82 Å². The molecule has 3 nitrogen and oxygen atoms in total. The van der Waals surface area contributed by atoms with Crippen LogP contribution in [0.1, 0.15) is 45.9 Å². The Morgan fingerprint density at radius 1 is 1.35 bits per heavy atom. The van der Waals surface area contributed by atoms with E-state index in [9.17, 15) is 0 Å². The van der Waals surface area contributed by atoms with Crippen LogP contribution in [0.25, 0.3) is 0 Å². The van der Waals surface area contributed by atoms with Crippen molar-refractivity contribution in [2.45, 2.75) is 46.6 Å². The normalized spacial score (nSPS) is 11.5. The molecule has 20 heavy (non-hydrogen) atoms. The number of nitrogens with one attached hydrogen (secondary N) is 1. The second-order valence-corrected chi connectivity index (χ2v) is 6.56. The molecule has 1 N–H and O–H groups in total. The quantitative estimate of drug-likeness (QED) is 0.805. The van der Waals surface area contributed by atoms with Gasteiger partial charge in [0.15, 0.2) is 0 Å². The van der Waals surface area contributed by atoms with Gasteiger partial charge in [0.05, 0.1) is 0 Å². The van der Waals surface area contributed by atoms with E-state index < -0.39 is 0 Å². The predicted octanol–water partition coefficient (Wildman–Crippen LogP) is 3.50. The third-order valence-electron chi connectivity index (χ3n) is 3.12. The van der Waals surface area contributed by atoms with E-state index in [0.717, 1.165) is 36.7 Å². The van der Waals surface area contributed by atoms with Gasteiger partial charge in [0.1, 0.15) is 5.82 Å². The van der Waals surface area contributed by atoms with E-state index >= 15 is 0 Å². The van der Waals surface area contributed by atoms with Crippen LogP contribution in [0.3, 0.4) is 0 Å². The summed E-state index contributed by atoms with van der Waals surface area (Å²) in [6, 6.07) is 4.38. The van der Waals surface area contributed by atoms with E-state index in [1.54, 1.807) is 0 Å². The van der Waals surface area contributed by atoms with Crippen LogP contribution in [0.5, 0.6) is 0 Å². The van der Waals surface area contributed by atoms with Crippen molar-refractivity contribution < 1.29 is 0 Å². The Balaban J connectivity index is 3.12. The van der Waals surface area contributed by atoms with Crippen LogP contribution in [0, 0.1) is 0 Å². The minimum atomic E-state index is 0.0566. The standard InChI is InChI=1S/C17H29N3/c1-8-18-11-14-9-15(17(4,5)6)19-16(10-14)20(7)12-13(2)3/h9-10,18H,2,8,11-12H2,1,3-7H3. The van der Waals surface area contributed by atoms with E-state index in [1.807, 2.05) is 6.92 Å². The smallest absolute Gasteiger partial charge is 0.129 e. The van der Waals surface area contributed by atoms with Gasteiger partial charge in [-0.3, -0.25) is 0 Å². The number of pyridine rings is 1. The Morgan fingerprint density at radius 2 is 2.00 bits per heavy atom. The lowest BCUT2D eigenvalue weighted by Gasteiger charge is -2.24. The van der Waals surface area contributed by atoms with Gasteiger partial charge in [0.25, 0.3) is 0 Å². The Hall–Kier alpha value is -1.35. The fourth-order valence-corrected chi connectivity index (χ4v) is 2.01. The summed E-state index contributed by atoms with van der Waals surface area (Å²) in [5, 5.41) is 3.39. The van der Waals surface area contributed by atoms with Crippen molar-refractivity contribution in [1.82, 2.24) is 10.3 Å². The molecule has 0 aromatic carbocycles. The lowest BCUT2D eigenvalue weighted by Crippen LogP contribution is -2.24. The highest BCUT2D eigenvalue weighted by molar-refractivity contribution is 5.44. The molecule has 0 amide bonds. The number of rotatable bonds is 6. The third kappa shape index (κ3) is 4.97. The van der Waals surface area contributed by atoms with Crippen molar-refractivity contribution >= 4 is 5.82 Å². The minimum absolute atomic E-state index is 0.0566. The molecule has 1 rings (SSSR count). The van der Waals surface area contributed by atoms with Crippen LogP contribution in [0.15, 0.2) is 24.3 Å². The molecule has 112 valence electrons. The van der Waals surface area contributed by atoms with Gasteiger partial charge in [-0.1, -0.05) is 39.8 Å². The van der Waals surface area contributed by atoms with Gasteiger partial charge in [0.2, 0.25) is 0 Å². The first-order valence-corrected chi connectivity index (χ1v) is 7.31. The SMILES string of the molecule is C=C(C)CN(C)c1cc(CNCC)cc(C(C)(C)C)n1. The molecule has 0 aliphatic rings. The van der Waals surface area contributed by atoms with Crippen LogP contribution in [0.2, 0.25) is 0 Å². The molecule has 0 radical (unpaired) electrons. The largest absolute Gasteiger partial charge is 0.356 e. The lowest BCUT2D eigenvalue weighted by atomic mass is 9.90. The molecule has 3 heteroatoms. The zero-order valence-electron chi connectivity index (χ0n) is 13.9. The van der Waals surface area contributed by atoms with Crippen molar-refractivity contribution in [2.75, 3.05) is 25.0 Å². The molecule has 0 fully saturated rings. The summed E-state index contributed by atoms with van der Waals surface area (Å²) >= 11 is 0. The zero-order valence-corrected chi connectivity index (χ0v) is 13.9. The first-order chi connectivity index (χ1) is 9.24. The molecule has 0 bridgehead atoms. The summed E-state index contributed by atoms with van der Waals surface area (Å²) in [6.45, 7) is 17.5. The molecule has 0 unspecified atom stereocenters. The maximum atomic E-state index is 4.82. The van der Waals surface area contributed by atoms with Crippen molar-refractivity contribution in [3.63, 3.8) is 0 Å². The average Bonchev–Trinajstić information content (AvgIpc) is 2.34. The topological polar surface area (TPSA) is 28.2 Å². The van der Waals surface area contributed by atoms with E-state index in [0.29, 0.717) is 0 Å². The number of anilines is 1. The van der Waals surface area contributed by atoms with Crippen LogP contribution < -0.4 is 10.2 Å². The molecule has 1 heterocycles. The van der Waals surface area contributed by atoms with Crippen molar-refractivity contribution in [3.05, 3.63) is 35.5 Å².